The second-order valence-corrected chi connectivity index (χ2v) is 3.07. The lowest BCUT2D eigenvalue weighted by molar-refractivity contribution is -0.385. The van der Waals surface area contributed by atoms with Gasteiger partial charge < -0.3 is 4.74 Å². The van der Waals surface area contributed by atoms with Crippen molar-refractivity contribution in [2.75, 3.05) is 6.61 Å². The fraction of sp³-hybridized carbons (Fsp3) is 0.300. The van der Waals surface area contributed by atoms with Gasteiger partial charge in [0.15, 0.2) is 5.56 Å². The summed E-state index contributed by atoms with van der Waals surface area (Å²) in [6.07, 6.45) is 0. The number of halogens is 1. The van der Waals surface area contributed by atoms with E-state index < -0.39 is 28.0 Å². The summed E-state index contributed by atoms with van der Waals surface area (Å²) in [5.41, 5.74) is -0.945. The van der Waals surface area contributed by atoms with Crippen LogP contribution in [0.3, 0.4) is 0 Å². The summed E-state index contributed by atoms with van der Waals surface area (Å²) in [4.78, 5) is 21.3. The molecule has 0 saturated carbocycles. The van der Waals surface area contributed by atoms with Crippen molar-refractivity contribution in [1.29, 1.82) is 0 Å². The molecule has 5 nitrogen and oxygen atoms in total. The van der Waals surface area contributed by atoms with Gasteiger partial charge in [0.1, 0.15) is 5.82 Å². The van der Waals surface area contributed by atoms with Crippen LogP contribution >= 0.6 is 0 Å². The number of carbonyl (C=O) groups is 1. The molecular formula is C10H10FNO4. The number of esters is 1. The molecule has 0 unspecified atom stereocenters. The zero-order valence-electron chi connectivity index (χ0n) is 8.82. The fourth-order valence-electron chi connectivity index (χ4n) is 1.30. The van der Waals surface area contributed by atoms with Crippen LogP contribution in [0.25, 0.3) is 0 Å². The van der Waals surface area contributed by atoms with Crippen molar-refractivity contribution >= 4 is 11.7 Å². The third kappa shape index (κ3) is 2.16. The lowest BCUT2D eigenvalue weighted by atomic mass is 10.1. The van der Waals surface area contributed by atoms with Gasteiger partial charge in [0.25, 0.3) is 5.69 Å². The molecule has 0 spiro atoms. The van der Waals surface area contributed by atoms with Crippen molar-refractivity contribution in [2.45, 2.75) is 13.8 Å². The molecule has 1 aromatic carbocycles. The van der Waals surface area contributed by atoms with Gasteiger partial charge in [-0.25, -0.2) is 9.18 Å². The van der Waals surface area contributed by atoms with Gasteiger partial charge in [-0.15, -0.1) is 0 Å². The molecule has 1 aromatic rings. The first-order chi connectivity index (χ1) is 7.49. The number of carbonyl (C=O) groups excluding carboxylic acids is 1. The van der Waals surface area contributed by atoms with Gasteiger partial charge >= 0.3 is 5.97 Å². The second kappa shape index (κ2) is 4.69. The molecule has 0 saturated heterocycles. The SMILES string of the molecule is CCOC(=O)c1c(F)ccc(C)c1[N+](=O)[O-]. The first kappa shape index (κ1) is 12.1. The van der Waals surface area contributed by atoms with E-state index in [1.54, 1.807) is 0 Å². The molecule has 16 heavy (non-hydrogen) atoms. The molecular weight excluding hydrogens is 217 g/mol. The van der Waals surface area contributed by atoms with E-state index in [4.69, 9.17) is 0 Å². The number of ether oxygens (including phenoxy) is 1. The topological polar surface area (TPSA) is 69.4 Å². The normalized spacial score (nSPS) is 9.94. The van der Waals surface area contributed by atoms with E-state index in [0.717, 1.165) is 6.07 Å². The number of nitro benzene ring substituents is 1. The van der Waals surface area contributed by atoms with Crippen molar-refractivity contribution in [2.24, 2.45) is 0 Å². The van der Waals surface area contributed by atoms with E-state index in [1.807, 2.05) is 0 Å². The number of hydrogen-bond donors (Lipinski definition) is 0. The van der Waals surface area contributed by atoms with Crippen LogP contribution in [0, 0.1) is 22.9 Å². The number of aryl methyl sites for hydroxylation is 1. The molecule has 0 bridgehead atoms. The van der Waals surface area contributed by atoms with Crippen molar-refractivity contribution in [3.63, 3.8) is 0 Å². The summed E-state index contributed by atoms with van der Waals surface area (Å²) in [6, 6.07) is 2.25. The van der Waals surface area contributed by atoms with Crippen LogP contribution in [0.15, 0.2) is 12.1 Å². The summed E-state index contributed by atoms with van der Waals surface area (Å²) in [6.45, 7) is 3.00. The Morgan fingerprint density at radius 3 is 2.69 bits per heavy atom. The highest BCUT2D eigenvalue weighted by Gasteiger charge is 2.27. The molecule has 0 amide bonds. The van der Waals surface area contributed by atoms with E-state index in [1.165, 1.54) is 19.9 Å². The average Bonchev–Trinajstić information content (AvgIpc) is 2.20. The summed E-state index contributed by atoms with van der Waals surface area (Å²) in [7, 11) is 0. The van der Waals surface area contributed by atoms with Gasteiger partial charge in [-0.2, -0.15) is 0 Å². The molecule has 0 fully saturated rings. The van der Waals surface area contributed by atoms with Crippen LogP contribution in [0.4, 0.5) is 10.1 Å². The number of benzene rings is 1. The predicted molar refractivity (Wildman–Crippen MR) is 53.7 cm³/mol. The Kier molecular flexibility index (Phi) is 3.55. The van der Waals surface area contributed by atoms with Gasteiger partial charge in [-0.3, -0.25) is 10.1 Å². The first-order valence-corrected chi connectivity index (χ1v) is 4.59. The Morgan fingerprint density at radius 2 is 2.19 bits per heavy atom. The monoisotopic (exact) mass is 227 g/mol. The highest BCUT2D eigenvalue weighted by atomic mass is 19.1. The molecule has 0 aromatic heterocycles. The molecule has 0 atom stereocenters. The fourth-order valence-corrected chi connectivity index (χ4v) is 1.30. The largest absolute Gasteiger partial charge is 0.462 e. The summed E-state index contributed by atoms with van der Waals surface area (Å²) < 4.78 is 17.9. The predicted octanol–water partition coefficient (Wildman–Crippen LogP) is 2.22. The zero-order valence-corrected chi connectivity index (χ0v) is 8.82. The van der Waals surface area contributed by atoms with E-state index in [0.29, 0.717) is 0 Å². The standard InChI is InChI=1S/C10H10FNO4/c1-3-16-10(13)8-7(11)5-4-6(2)9(8)12(14)15/h4-5H,3H2,1-2H3. The number of hydrogen-bond acceptors (Lipinski definition) is 4. The summed E-state index contributed by atoms with van der Waals surface area (Å²) in [5, 5.41) is 10.7. The Bertz CT molecular complexity index is 445. The van der Waals surface area contributed by atoms with Crippen LogP contribution in [-0.2, 0) is 4.74 Å². The highest BCUT2D eigenvalue weighted by molar-refractivity contribution is 5.94. The van der Waals surface area contributed by atoms with Gasteiger partial charge in [-0.05, 0) is 26.0 Å². The molecule has 0 aliphatic heterocycles. The summed E-state index contributed by atoms with van der Waals surface area (Å²) in [5.74, 6) is -1.97. The lowest BCUT2D eigenvalue weighted by Gasteiger charge is -2.05. The highest BCUT2D eigenvalue weighted by Crippen LogP contribution is 2.26. The number of nitrogens with zero attached hydrogens (tertiary/aromatic N) is 1. The van der Waals surface area contributed by atoms with Crippen LogP contribution < -0.4 is 0 Å². The first-order valence-electron chi connectivity index (χ1n) is 4.59. The minimum atomic E-state index is -1.02. The maximum Gasteiger partial charge on any atom is 0.348 e. The molecule has 6 heteroatoms. The van der Waals surface area contributed by atoms with Crippen molar-refractivity contribution in [1.82, 2.24) is 0 Å². The minimum absolute atomic E-state index is 0.0311. The van der Waals surface area contributed by atoms with Crippen LogP contribution in [-0.4, -0.2) is 17.5 Å². The van der Waals surface area contributed by atoms with Crippen molar-refractivity contribution < 1.29 is 18.8 Å². The zero-order chi connectivity index (χ0) is 12.3. The van der Waals surface area contributed by atoms with E-state index in [-0.39, 0.29) is 12.2 Å². The van der Waals surface area contributed by atoms with Gasteiger partial charge in [0.05, 0.1) is 11.5 Å². The molecule has 86 valence electrons. The maximum atomic E-state index is 13.4. The van der Waals surface area contributed by atoms with Gasteiger partial charge in [-0.1, -0.05) is 0 Å². The van der Waals surface area contributed by atoms with Crippen LogP contribution in [0.2, 0.25) is 0 Å². The smallest absolute Gasteiger partial charge is 0.348 e. The van der Waals surface area contributed by atoms with Gasteiger partial charge in [0, 0.05) is 5.56 Å². The maximum absolute atomic E-state index is 13.4. The molecule has 0 N–H and O–H groups in total. The average molecular weight is 227 g/mol. The van der Waals surface area contributed by atoms with E-state index in [2.05, 4.69) is 4.74 Å². The third-order valence-electron chi connectivity index (χ3n) is 1.99. The van der Waals surface area contributed by atoms with Gasteiger partial charge in [0.2, 0.25) is 0 Å². The molecule has 0 aliphatic carbocycles. The Labute approximate surface area is 91.0 Å². The lowest BCUT2D eigenvalue weighted by Crippen LogP contribution is -2.11. The molecule has 1 rings (SSSR count). The minimum Gasteiger partial charge on any atom is -0.462 e. The Morgan fingerprint density at radius 1 is 1.56 bits per heavy atom. The molecule has 0 aliphatic rings. The van der Waals surface area contributed by atoms with Crippen LogP contribution in [0.1, 0.15) is 22.8 Å². The number of rotatable bonds is 3. The Hall–Kier alpha value is -1.98. The molecule has 0 radical (unpaired) electrons. The van der Waals surface area contributed by atoms with Crippen molar-refractivity contribution in [3.05, 3.63) is 39.2 Å². The van der Waals surface area contributed by atoms with Crippen LogP contribution in [0.5, 0.6) is 0 Å². The Balaban J connectivity index is 3.40. The van der Waals surface area contributed by atoms with E-state index >= 15 is 0 Å². The second-order valence-electron chi connectivity index (χ2n) is 3.07. The molecule has 0 heterocycles. The quantitative estimate of drug-likeness (QED) is 0.451. The van der Waals surface area contributed by atoms with E-state index in [9.17, 15) is 19.3 Å². The third-order valence-corrected chi connectivity index (χ3v) is 1.99. The van der Waals surface area contributed by atoms with Crippen molar-refractivity contribution in [3.8, 4) is 0 Å². The summed E-state index contributed by atoms with van der Waals surface area (Å²) >= 11 is 0. The number of nitro groups is 1.